The molecule has 0 bridgehead atoms. The van der Waals surface area contributed by atoms with Crippen molar-refractivity contribution in [2.45, 2.75) is 38.9 Å². The Morgan fingerprint density at radius 1 is 1.29 bits per heavy atom. The second-order valence-corrected chi connectivity index (χ2v) is 7.44. The highest BCUT2D eigenvalue weighted by molar-refractivity contribution is 5.82. The Morgan fingerprint density at radius 3 is 2.64 bits per heavy atom. The number of nitrogens with one attached hydrogen (secondary N) is 1. The molecule has 2 fully saturated rings. The van der Waals surface area contributed by atoms with Crippen LogP contribution >= 0.6 is 0 Å². The molecule has 0 radical (unpaired) electrons. The maximum Gasteiger partial charge on any atom is 0.251 e. The van der Waals surface area contributed by atoms with Crippen LogP contribution in [-0.2, 0) is 9.53 Å². The Kier molecular flexibility index (Phi) is 7.14. The zero-order valence-electron chi connectivity index (χ0n) is 17.2. The molecule has 28 heavy (non-hydrogen) atoms. The summed E-state index contributed by atoms with van der Waals surface area (Å²) in [5, 5.41) is 3.40. The number of carbonyl (C=O) groups is 1. The van der Waals surface area contributed by atoms with Gasteiger partial charge in [-0.2, -0.15) is 0 Å². The smallest absolute Gasteiger partial charge is 0.251 e. The van der Waals surface area contributed by atoms with Gasteiger partial charge in [-0.15, -0.1) is 0 Å². The predicted octanol–water partition coefficient (Wildman–Crippen LogP) is 1.66. The van der Waals surface area contributed by atoms with Gasteiger partial charge in [-0.1, -0.05) is 18.2 Å². The van der Waals surface area contributed by atoms with Crippen LogP contribution in [-0.4, -0.2) is 80.3 Å². The molecule has 7 nitrogen and oxygen atoms in total. The zero-order valence-corrected chi connectivity index (χ0v) is 17.2. The van der Waals surface area contributed by atoms with Crippen molar-refractivity contribution in [1.82, 2.24) is 15.1 Å². The topological polar surface area (TPSA) is 66.4 Å². The minimum atomic E-state index is -0.233. The number of para-hydroxylation sites is 1. The van der Waals surface area contributed by atoms with Crippen LogP contribution in [0, 0.1) is 6.92 Å². The number of carbonyl (C=O) groups excluding carboxylic acids is 1. The van der Waals surface area contributed by atoms with E-state index in [1.807, 2.05) is 43.0 Å². The highest BCUT2D eigenvalue weighted by atomic mass is 16.5. The van der Waals surface area contributed by atoms with E-state index in [1.54, 1.807) is 7.05 Å². The van der Waals surface area contributed by atoms with E-state index in [9.17, 15) is 4.79 Å². The lowest BCUT2D eigenvalue weighted by Gasteiger charge is -2.37. The van der Waals surface area contributed by atoms with Gasteiger partial charge in [0, 0.05) is 39.8 Å². The molecule has 0 aliphatic carbocycles. The van der Waals surface area contributed by atoms with E-state index in [2.05, 4.69) is 15.2 Å². The van der Waals surface area contributed by atoms with Crippen LogP contribution in [0.25, 0.3) is 0 Å². The number of nitrogens with zero attached hydrogens (tertiary/aromatic N) is 3. The molecule has 2 aliphatic heterocycles. The van der Waals surface area contributed by atoms with Crippen molar-refractivity contribution < 1.29 is 14.3 Å². The fourth-order valence-corrected chi connectivity index (χ4v) is 3.63. The Morgan fingerprint density at radius 2 is 2.00 bits per heavy atom. The minimum Gasteiger partial charge on any atom is -0.489 e. The number of guanidine groups is 1. The van der Waals surface area contributed by atoms with Crippen molar-refractivity contribution in [2.24, 2.45) is 4.99 Å². The molecule has 7 heteroatoms. The molecule has 0 aromatic heterocycles. The summed E-state index contributed by atoms with van der Waals surface area (Å²) < 4.78 is 11.6. The summed E-state index contributed by atoms with van der Waals surface area (Å²) in [6, 6.07) is 8.03. The number of aryl methyl sites for hydroxylation is 1. The van der Waals surface area contributed by atoms with E-state index in [1.165, 1.54) is 0 Å². The first-order valence-corrected chi connectivity index (χ1v) is 10.2. The molecule has 1 N–H and O–H groups in total. The first kappa shape index (κ1) is 20.5. The van der Waals surface area contributed by atoms with Gasteiger partial charge >= 0.3 is 0 Å². The molecule has 1 aromatic rings. The fraction of sp³-hybridized carbons (Fsp3) is 0.619. The maximum atomic E-state index is 12.5. The van der Waals surface area contributed by atoms with E-state index in [4.69, 9.17) is 9.47 Å². The molecule has 1 amide bonds. The molecular formula is C21H32N4O3. The van der Waals surface area contributed by atoms with Crippen LogP contribution in [0.5, 0.6) is 5.75 Å². The van der Waals surface area contributed by atoms with Gasteiger partial charge in [0.15, 0.2) is 5.96 Å². The van der Waals surface area contributed by atoms with Crippen LogP contribution in [0.3, 0.4) is 0 Å². The number of aliphatic imine (C=N–C) groups is 1. The van der Waals surface area contributed by atoms with Crippen molar-refractivity contribution in [3.8, 4) is 5.75 Å². The third-order valence-corrected chi connectivity index (χ3v) is 5.28. The summed E-state index contributed by atoms with van der Waals surface area (Å²) in [6.45, 7) is 8.40. The standard InChI is InChI=1S/C21H32N4O3/c1-16-7-4-5-8-18(16)28-17(2)15-23-21(22-3)25-12-10-24(11-13-25)20(26)19-9-6-14-27-19/h4-5,7-8,17,19H,6,9-15H2,1-3H3,(H,22,23). The predicted molar refractivity (Wildman–Crippen MR) is 110 cm³/mol. The number of hydrogen-bond donors (Lipinski definition) is 1. The summed E-state index contributed by atoms with van der Waals surface area (Å²) in [5.74, 6) is 1.90. The van der Waals surface area contributed by atoms with Gasteiger partial charge in [0.1, 0.15) is 18.0 Å². The Labute approximate surface area is 167 Å². The summed E-state index contributed by atoms with van der Waals surface area (Å²) in [7, 11) is 1.79. The average molecular weight is 389 g/mol. The summed E-state index contributed by atoms with van der Waals surface area (Å²) in [4.78, 5) is 21.0. The molecule has 0 spiro atoms. The molecule has 2 heterocycles. The molecule has 3 rings (SSSR count). The van der Waals surface area contributed by atoms with Crippen molar-refractivity contribution in [1.29, 1.82) is 0 Å². The lowest BCUT2D eigenvalue weighted by molar-refractivity contribution is -0.142. The van der Waals surface area contributed by atoms with Gasteiger partial charge in [0.05, 0.1) is 6.54 Å². The fourth-order valence-electron chi connectivity index (χ4n) is 3.63. The van der Waals surface area contributed by atoms with Gasteiger partial charge < -0.3 is 24.6 Å². The number of rotatable bonds is 5. The summed E-state index contributed by atoms with van der Waals surface area (Å²) >= 11 is 0. The van der Waals surface area contributed by atoms with Gasteiger partial charge in [-0.25, -0.2) is 0 Å². The number of ether oxygens (including phenoxy) is 2. The van der Waals surface area contributed by atoms with Crippen LogP contribution in [0.4, 0.5) is 0 Å². The van der Waals surface area contributed by atoms with Crippen molar-refractivity contribution in [3.63, 3.8) is 0 Å². The quantitative estimate of drug-likeness (QED) is 0.614. The lowest BCUT2D eigenvalue weighted by atomic mass is 10.2. The number of hydrogen-bond acceptors (Lipinski definition) is 4. The van der Waals surface area contributed by atoms with Crippen molar-refractivity contribution >= 4 is 11.9 Å². The second-order valence-electron chi connectivity index (χ2n) is 7.44. The zero-order chi connectivity index (χ0) is 19.9. The molecule has 2 aliphatic rings. The number of benzene rings is 1. The molecule has 0 saturated carbocycles. The van der Waals surface area contributed by atoms with E-state index in [0.717, 1.165) is 43.2 Å². The van der Waals surface area contributed by atoms with Gasteiger partial charge in [0.2, 0.25) is 0 Å². The Balaban J connectivity index is 1.44. The molecular weight excluding hydrogens is 356 g/mol. The molecule has 2 unspecified atom stereocenters. The van der Waals surface area contributed by atoms with E-state index in [-0.39, 0.29) is 18.1 Å². The van der Waals surface area contributed by atoms with Crippen LogP contribution in [0.15, 0.2) is 29.3 Å². The van der Waals surface area contributed by atoms with Gasteiger partial charge in [0.25, 0.3) is 5.91 Å². The molecule has 1 aromatic carbocycles. The SMILES string of the molecule is CN=C(NCC(C)Oc1ccccc1C)N1CCN(C(=O)C2CCCO2)CC1. The first-order valence-electron chi connectivity index (χ1n) is 10.2. The van der Waals surface area contributed by atoms with Crippen molar-refractivity contribution in [2.75, 3.05) is 46.4 Å². The number of amides is 1. The highest BCUT2D eigenvalue weighted by Crippen LogP contribution is 2.18. The number of piperazine rings is 1. The summed E-state index contributed by atoms with van der Waals surface area (Å²) in [5.41, 5.74) is 1.13. The third kappa shape index (κ3) is 5.16. The first-order chi connectivity index (χ1) is 13.6. The van der Waals surface area contributed by atoms with Gasteiger partial charge in [-0.3, -0.25) is 9.79 Å². The molecule has 154 valence electrons. The normalized spacial score (nSPS) is 21.5. The maximum absolute atomic E-state index is 12.5. The largest absolute Gasteiger partial charge is 0.489 e. The molecule has 2 atom stereocenters. The lowest BCUT2D eigenvalue weighted by Crippen LogP contribution is -2.55. The van der Waals surface area contributed by atoms with Gasteiger partial charge in [-0.05, 0) is 38.3 Å². The summed E-state index contributed by atoms with van der Waals surface area (Å²) in [6.07, 6.45) is 1.61. The van der Waals surface area contributed by atoms with Crippen molar-refractivity contribution in [3.05, 3.63) is 29.8 Å². The van der Waals surface area contributed by atoms with Crippen LogP contribution in [0.2, 0.25) is 0 Å². The Hall–Kier alpha value is -2.28. The molecule has 2 saturated heterocycles. The third-order valence-electron chi connectivity index (χ3n) is 5.28. The van der Waals surface area contributed by atoms with E-state index in [0.29, 0.717) is 26.2 Å². The minimum absolute atomic E-state index is 0.0141. The van der Waals surface area contributed by atoms with Crippen LogP contribution in [0.1, 0.15) is 25.3 Å². The van der Waals surface area contributed by atoms with E-state index >= 15 is 0 Å². The van der Waals surface area contributed by atoms with E-state index < -0.39 is 0 Å². The van der Waals surface area contributed by atoms with Crippen LogP contribution < -0.4 is 10.1 Å². The Bertz CT molecular complexity index is 680. The highest BCUT2D eigenvalue weighted by Gasteiger charge is 2.30. The average Bonchev–Trinajstić information content (AvgIpc) is 3.25. The monoisotopic (exact) mass is 388 g/mol. The second kappa shape index (κ2) is 9.78.